The first-order chi connectivity index (χ1) is 17.5. The van der Waals surface area contributed by atoms with Gasteiger partial charge in [-0.1, -0.05) is 0 Å². The molecule has 2 aromatic rings. The van der Waals surface area contributed by atoms with Gasteiger partial charge >= 0.3 is 0 Å². The van der Waals surface area contributed by atoms with Gasteiger partial charge in [-0.3, -0.25) is 4.79 Å². The molecule has 1 atom stereocenters. The molecule has 12 heteroatoms. The van der Waals surface area contributed by atoms with Crippen molar-refractivity contribution in [2.45, 2.75) is 53.5 Å². The zero-order chi connectivity index (χ0) is 27.2. The van der Waals surface area contributed by atoms with Crippen molar-refractivity contribution in [3.8, 4) is 0 Å². The molecular formula is C25H32F3N3O4S2. The molecule has 2 aromatic carbocycles. The standard InChI is InChI=1S/C25H32F3N3O4S2/c1-31(2)13-10-18(16-36-19-8-6-17(26)7-9-19)29-23-21(27)14-20(15-22(23)28)37(33,34)30-24(32)25(35-3)11-4-5-12-25/h6-9,14-15,18,29H,4-5,10-13,16H2,1-3H3,(H,30,32)/t18-/m1/s1. The first-order valence-corrected chi connectivity index (χ1v) is 14.3. The highest BCUT2D eigenvalue weighted by Crippen LogP contribution is 2.33. The first kappa shape index (κ1) is 29.3. The van der Waals surface area contributed by atoms with Crippen molar-refractivity contribution in [2.75, 3.05) is 38.8 Å². The largest absolute Gasteiger partial charge is 0.377 e. The summed E-state index contributed by atoms with van der Waals surface area (Å²) in [5, 5.41) is 2.86. The summed E-state index contributed by atoms with van der Waals surface area (Å²) in [6, 6.07) is 6.91. The summed E-state index contributed by atoms with van der Waals surface area (Å²) >= 11 is 1.40. The molecule has 0 aliphatic heterocycles. The van der Waals surface area contributed by atoms with Crippen LogP contribution in [0.25, 0.3) is 0 Å². The number of carbonyl (C=O) groups excluding carboxylic acids is 1. The number of halogens is 3. The number of benzene rings is 2. The lowest BCUT2D eigenvalue weighted by atomic mass is 10.0. The SMILES string of the molecule is COC1(C(=O)NS(=O)(=O)c2cc(F)c(N[C@H](CCN(C)C)CSc3ccc(F)cc3)c(F)c2)CCCC1. The molecule has 1 aliphatic rings. The Hall–Kier alpha value is -2.28. The maximum Gasteiger partial charge on any atom is 0.265 e. The third kappa shape index (κ3) is 7.62. The highest BCUT2D eigenvalue weighted by atomic mass is 32.2. The quantitative estimate of drug-likeness (QED) is 0.373. The molecule has 0 spiro atoms. The Morgan fingerprint density at radius 2 is 1.70 bits per heavy atom. The van der Waals surface area contributed by atoms with Gasteiger partial charge in [-0.15, -0.1) is 11.8 Å². The van der Waals surface area contributed by atoms with Gasteiger partial charge in [0.05, 0.1) is 4.90 Å². The van der Waals surface area contributed by atoms with E-state index in [1.807, 2.05) is 23.7 Å². The van der Waals surface area contributed by atoms with Crippen LogP contribution in [0.3, 0.4) is 0 Å². The zero-order valence-electron chi connectivity index (χ0n) is 21.0. The molecule has 204 valence electrons. The predicted octanol–water partition coefficient (Wildman–Crippen LogP) is 4.39. The van der Waals surface area contributed by atoms with Crippen LogP contribution in [-0.2, 0) is 19.6 Å². The Balaban J connectivity index is 1.77. The second kappa shape index (κ2) is 12.5. The van der Waals surface area contributed by atoms with Crippen molar-refractivity contribution in [3.05, 3.63) is 53.8 Å². The van der Waals surface area contributed by atoms with Crippen molar-refractivity contribution in [1.82, 2.24) is 9.62 Å². The third-order valence-electron chi connectivity index (χ3n) is 6.31. The van der Waals surface area contributed by atoms with Crippen LogP contribution in [0.1, 0.15) is 32.1 Å². The van der Waals surface area contributed by atoms with Crippen LogP contribution < -0.4 is 10.0 Å². The van der Waals surface area contributed by atoms with Crippen LogP contribution in [0, 0.1) is 17.5 Å². The second-order valence-corrected chi connectivity index (χ2v) is 12.1. The van der Waals surface area contributed by atoms with Gasteiger partial charge in [-0.25, -0.2) is 26.3 Å². The number of amides is 1. The van der Waals surface area contributed by atoms with Crippen LogP contribution >= 0.6 is 11.8 Å². The van der Waals surface area contributed by atoms with Crippen molar-refractivity contribution in [3.63, 3.8) is 0 Å². The summed E-state index contributed by atoms with van der Waals surface area (Å²) in [5.41, 5.74) is -1.73. The van der Waals surface area contributed by atoms with Crippen molar-refractivity contribution < 1.29 is 31.1 Å². The summed E-state index contributed by atoms with van der Waals surface area (Å²) in [7, 11) is 0.544. The van der Waals surface area contributed by atoms with Crippen LogP contribution in [0.2, 0.25) is 0 Å². The van der Waals surface area contributed by atoms with Gasteiger partial charge in [0.2, 0.25) is 0 Å². The van der Waals surface area contributed by atoms with Gasteiger partial charge in [-0.2, -0.15) is 0 Å². The maximum atomic E-state index is 15.0. The molecule has 1 amide bonds. The lowest BCUT2D eigenvalue weighted by Gasteiger charge is -2.25. The maximum absolute atomic E-state index is 15.0. The van der Waals surface area contributed by atoms with E-state index < -0.39 is 43.7 Å². The molecule has 0 unspecified atom stereocenters. The average Bonchev–Trinajstić information content (AvgIpc) is 3.34. The number of hydrogen-bond acceptors (Lipinski definition) is 7. The molecule has 0 aromatic heterocycles. The third-order valence-corrected chi connectivity index (χ3v) is 8.79. The number of hydrogen-bond donors (Lipinski definition) is 2. The monoisotopic (exact) mass is 559 g/mol. The smallest absolute Gasteiger partial charge is 0.265 e. The highest BCUT2D eigenvalue weighted by Gasteiger charge is 2.43. The number of ether oxygens (including phenoxy) is 1. The summed E-state index contributed by atoms with van der Waals surface area (Å²) in [6.07, 6.45) is 2.68. The minimum Gasteiger partial charge on any atom is -0.377 e. The van der Waals surface area contributed by atoms with E-state index in [2.05, 4.69) is 5.32 Å². The lowest BCUT2D eigenvalue weighted by Crippen LogP contribution is -2.48. The molecule has 1 saturated carbocycles. The zero-order valence-corrected chi connectivity index (χ0v) is 22.7. The highest BCUT2D eigenvalue weighted by molar-refractivity contribution is 7.99. The number of sulfonamides is 1. The van der Waals surface area contributed by atoms with Gasteiger partial charge in [0.25, 0.3) is 15.9 Å². The van der Waals surface area contributed by atoms with E-state index in [1.165, 1.54) is 31.0 Å². The normalized spacial score (nSPS) is 16.1. The van der Waals surface area contributed by atoms with Crippen molar-refractivity contribution in [2.24, 2.45) is 0 Å². The fraction of sp³-hybridized carbons (Fsp3) is 0.480. The molecule has 0 heterocycles. The Labute approximate surface area is 220 Å². The molecule has 0 radical (unpaired) electrons. The number of thioether (sulfide) groups is 1. The fourth-order valence-electron chi connectivity index (χ4n) is 4.13. The van der Waals surface area contributed by atoms with Gasteiger partial charge in [0, 0.05) is 23.8 Å². The topological polar surface area (TPSA) is 87.7 Å². The molecule has 0 bridgehead atoms. The summed E-state index contributed by atoms with van der Waals surface area (Å²) < 4.78 is 76.0. The van der Waals surface area contributed by atoms with E-state index in [-0.39, 0.29) is 11.9 Å². The van der Waals surface area contributed by atoms with E-state index >= 15 is 8.78 Å². The number of anilines is 1. The number of nitrogens with one attached hydrogen (secondary N) is 2. The summed E-state index contributed by atoms with van der Waals surface area (Å²) in [5.74, 6) is -2.98. The minimum atomic E-state index is -4.54. The van der Waals surface area contributed by atoms with Gasteiger partial charge in [0.1, 0.15) is 17.1 Å². The average molecular weight is 560 g/mol. The number of carbonyl (C=O) groups is 1. The van der Waals surface area contributed by atoms with E-state index in [0.717, 1.165) is 4.90 Å². The number of methoxy groups -OCH3 is 1. The minimum absolute atomic E-state index is 0.359. The Bertz CT molecular complexity index is 1170. The van der Waals surface area contributed by atoms with Crippen LogP contribution in [0.5, 0.6) is 0 Å². The van der Waals surface area contributed by atoms with Gasteiger partial charge < -0.3 is 15.0 Å². The summed E-state index contributed by atoms with van der Waals surface area (Å²) in [6.45, 7) is 0.630. The number of rotatable bonds is 12. The van der Waals surface area contributed by atoms with E-state index in [9.17, 15) is 17.6 Å². The lowest BCUT2D eigenvalue weighted by molar-refractivity contribution is -0.140. The van der Waals surface area contributed by atoms with Crippen LogP contribution in [0.4, 0.5) is 18.9 Å². The van der Waals surface area contributed by atoms with Crippen LogP contribution in [-0.4, -0.2) is 64.4 Å². The summed E-state index contributed by atoms with van der Waals surface area (Å²) in [4.78, 5) is 14.7. The van der Waals surface area contributed by atoms with E-state index in [0.29, 0.717) is 56.5 Å². The molecular weight excluding hydrogens is 527 g/mol. The Morgan fingerprint density at radius 1 is 1.11 bits per heavy atom. The Kier molecular flexibility index (Phi) is 9.90. The molecule has 1 fully saturated rings. The molecule has 0 saturated heterocycles. The van der Waals surface area contributed by atoms with E-state index in [4.69, 9.17) is 4.74 Å². The van der Waals surface area contributed by atoms with Gasteiger partial charge in [-0.05, 0) is 89.1 Å². The van der Waals surface area contributed by atoms with Crippen molar-refractivity contribution in [1.29, 1.82) is 0 Å². The Morgan fingerprint density at radius 3 is 2.24 bits per heavy atom. The molecule has 2 N–H and O–H groups in total. The molecule has 3 rings (SSSR count). The second-order valence-electron chi connectivity index (χ2n) is 9.30. The first-order valence-electron chi connectivity index (χ1n) is 11.9. The van der Waals surface area contributed by atoms with Crippen LogP contribution in [0.15, 0.2) is 46.2 Å². The van der Waals surface area contributed by atoms with E-state index in [1.54, 1.807) is 12.1 Å². The number of nitrogens with zero attached hydrogens (tertiary/aromatic N) is 1. The molecule has 37 heavy (non-hydrogen) atoms. The fourth-order valence-corrected chi connectivity index (χ4v) is 6.17. The van der Waals surface area contributed by atoms with Gasteiger partial charge in [0.15, 0.2) is 11.6 Å². The predicted molar refractivity (Wildman–Crippen MR) is 138 cm³/mol. The van der Waals surface area contributed by atoms with Crippen molar-refractivity contribution >= 4 is 33.4 Å². The molecule has 1 aliphatic carbocycles. The molecule has 7 nitrogen and oxygen atoms in total.